The van der Waals surface area contributed by atoms with Crippen LogP contribution in [0.5, 0.6) is 0 Å². The van der Waals surface area contributed by atoms with Crippen molar-refractivity contribution in [1.29, 1.82) is 0 Å². The van der Waals surface area contributed by atoms with E-state index in [1.54, 1.807) is 6.08 Å². The number of carbonyl (C=O) groups excluding carboxylic acids is 1. The highest BCUT2D eigenvalue weighted by Crippen LogP contribution is 2.43. The summed E-state index contributed by atoms with van der Waals surface area (Å²) in [6, 6.07) is 0. The van der Waals surface area contributed by atoms with E-state index in [1.807, 2.05) is 34.6 Å². The van der Waals surface area contributed by atoms with Crippen molar-refractivity contribution in [2.75, 3.05) is 0 Å². The molecular formula is C15H24O4. The Morgan fingerprint density at radius 1 is 1.37 bits per heavy atom. The Kier molecular flexibility index (Phi) is 4.43. The topological polar surface area (TPSA) is 63.6 Å². The van der Waals surface area contributed by atoms with Crippen LogP contribution in [0.15, 0.2) is 11.6 Å². The summed E-state index contributed by atoms with van der Waals surface area (Å²) >= 11 is 0. The summed E-state index contributed by atoms with van der Waals surface area (Å²) in [5, 5.41) is 9.08. The quantitative estimate of drug-likeness (QED) is 0.617. The summed E-state index contributed by atoms with van der Waals surface area (Å²) in [5.41, 5.74) is 0.216. The Labute approximate surface area is 114 Å². The van der Waals surface area contributed by atoms with Crippen LogP contribution in [0.1, 0.15) is 53.9 Å². The van der Waals surface area contributed by atoms with Gasteiger partial charge in [0.05, 0.1) is 5.92 Å². The molecule has 0 aliphatic heterocycles. The molecule has 0 radical (unpaired) electrons. The number of carbonyl (C=O) groups is 2. The molecular weight excluding hydrogens is 244 g/mol. The van der Waals surface area contributed by atoms with Crippen LogP contribution in [-0.4, -0.2) is 22.6 Å². The Bertz CT molecular complexity index is 399. The highest BCUT2D eigenvalue weighted by molar-refractivity contribution is 5.83. The minimum Gasteiger partial charge on any atom is -0.481 e. The van der Waals surface area contributed by atoms with Crippen LogP contribution in [0.3, 0.4) is 0 Å². The van der Waals surface area contributed by atoms with E-state index in [0.29, 0.717) is 19.3 Å². The van der Waals surface area contributed by atoms with Crippen LogP contribution in [0, 0.1) is 11.3 Å². The van der Waals surface area contributed by atoms with Gasteiger partial charge in [0.25, 0.3) is 0 Å². The monoisotopic (exact) mass is 268 g/mol. The van der Waals surface area contributed by atoms with Gasteiger partial charge in [0, 0.05) is 6.08 Å². The van der Waals surface area contributed by atoms with Crippen LogP contribution < -0.4 is 0 Å². The summed E-state index contributed by atoms with van der Waals surface area (Å²) in [6.07, 6.45) is 3.34. The third-order valence-electron chi connectivity index (χ3n) is 3.44. The van der Waals surface area contributed by atoms with Crippen molar-refractivity contribution in [2.45, 2.75) is 59.5 Å². The van der Waals surface area contributed by atoms with E-state index in [0.717, 1.165) is 5.57 Å². The summed E-state index contributed by atoms with van der Waals surface area (Å²) in [5.74, 6) is -1.40. The van der Waals surface area contributed by atoms with E-state index in [9.17, 15) is 9.59 Å². The molecule has 4 heteroatoms. The van der Waals surface area contributed by atoms with Gasteiger partial charge in [-0.2, -0.15) is 0 Å². The molecule has 19 heavy (non-hydrogen) atoms. The molecule has 1 aliphatic rings. The first-order valence-electron chi connectivity index (χ1n) is 6.68. The third-order valence-corrected chi connectivity index (χ3v) is 3.44. The van der Waals surface area contributed by atoms with Crippen LogP contribution in [0.4, 0.5) is 0 Å². The standard InChI is InChI=1S/C15H24O4/c1-14(2,3)19-12(16)8-11-7-6-10(13(17)18)9-15(11,4)5/h8,10H,6-7,9H2,1-5H3,(H,17,18)/b11-8+. The zero-order chi connectivity index (χ0) is 14.8. The van der Waals surface area contributed by atoms with Crippen LogP contribution in [-0.2, 0) is 14.3 Å². The average molecular weight is 268 g/mol. The van der Waals surface area contributed by atoms with Crippen LogP contribution in [0.2, 0.25) is 0 Å². The molecule has 0 amide bonds. The molecule has 1 unspecified atom stereocenters. The lowest BCUT2D eigenvalue weighted by atomic mass is 9.68. The van der Waals surface area contributed by atoms with E-state index >= 15 is 0 Å². The minimum atomic E-state index is -0.746. The minimum absolute atomic E-state index is 0.266. The van der Waals surface area contributed by atoms with Crippen molar-refractivity contribution in [3.8, 4) is 0 Å². The van der Waals surface area contributed by atoms with Crippen molar-refractivity contribution in [3.63, 3.8) is 0 Å². The van der Waals surface area contributed by atoms with E-state index in [1.165, 1.54) is 0 Å². The van der Waals surface area contributed by atoms with Crippen molar-refractivity contribution in [2.24, 2.45) is 11.3 Å². The Hall–Kier alpha value is -1.32. The smallest absolute Gasteiger partial charge is 0.331 e. The average Bonchev–Trinajstić information content (AvgIpc) is 2.17. The molecule has 0 saturated heterocycles. The molecule has 0 bridgehead atoms. The lowest BCUT2D eigenvalue weighted by molar-refractivity contribution is -0.148. The second-order valence-electron chi connectivity index (χ2n) is 6.86. The fraction of sp³-hybridized carbons (Fsp3) is 0.733. The number of aliphatic carboxylic acids is 1. The molecule has 0 spiro atoms. The Morgan fingerprint density at radius 2 is 1.95 bits per heavy atom. The maximum Gasteiger partial charge on any atom is 0.331 e. The molecule has 4 nitrogen and oxygen atoms in total. The maximum absolute atomic E-state index is 11.8. The fourth-order valence-corrected chi connectivity index (χ4v) is 2.47. The molecule has 0 aromatic rings. The van der Waals surface area contributed by atoms with E-state index < -0.39 is 11.6 Å². The first kappa shape index (κ1) is 15.7. The second-order valence-corrected chi connectivity index (χ2v) is 6.86. The molecule has 1 saturated carbocycles. The zero-order valence-electron chi connectivity index (χ0n) is 12.4. The van der Waals surface area contributed by atoms with Gasteiger partial charge in [-0.05, 0) is 45.4 Å². The molecule has 1 rings (SSSR count). The first-order valence-corrected chi connectivity index (χ1v) is 6.68. The summed E-state index contributed by atoms with van der Waals surface area (Å²) < 4.78 is 5.28. The number of carboxylic acids is 1. The number of rotatable bonds is 2. The van der Waals surface area contributed by atoms with Crippen molar-refractivity contribution in [3.05, 3.63) is 11.6 Å². The lowest BCUT2D eigenvalue weighted by Gasteiger charge is -2.36. The van der Waals surface area contributed by atoms with Crippen molar-refractivity contribution < 1.29 is 19.4 Å². The largest absolute Gasteiger partial charge is 0.481 e. The number of allylic oxidation sites excluding steroid dienone is 1. The molecule has 1 aliphatic carbocycles. The van der Waals surface area contributed by atoms with Crippen molar-refractivity contribution in [1.82, 2.24) is 0 Å². The van der Waals surface area contributed by atoms with Gasteiger partial charge in [-0.1, -0.05) is 19.4 Å². The van der Waals surface area contributed by atoms with Gasteiger partial charge in [0.1, 0.15) is 5.60 Å². The maximum atomic E-state index is 11.8. The summed E-state index contributed by atoms with van der Waals surface area (Å²) in [4.78, 5) is 22.9. The normalized spacial score (nSPS) is 25.1. The third kappa shape index (κ3) is 4.69. The highest BCUT2D eigenvalue weighted by Gasteiger charge is 2.36. The molecule has 0 aromatic carbocycles. The lowest BCUT2D eigenvalue weighted by Crippen LogP contribution is -2.31. The van der Waals surface area contributed by atoms with Crippen LogP contribution in [0.25, 0.3) is 0 Å². The first-order chi connectivity index (χ1) is 8.51. The highest BCUT2D eigenvalue weighted by atomic mass is 16.6. The van der Waals surface area contributed by atoms with E-state index in [2.05, 4.69) is 0 Å². The molecule has 108 valence electrons. The number of ether oxygens (including phenoxy) is 1. The van der Waals surface area contributed by atoms with Crippen LogP contribution >= 0.6 is 0 Å². The van der Waals surface area contributed by atoms with Crippen molar-refractivity contribution >= 4 is 11.9 Å². The zero-order valence-corrected chi connectivity index (χ0v) is 12.4. The Balaban J connectivity index is 2.79. The Morgan fingerprint density at radius 3 is 2.37 bits per heavy atom. The van der Waals surface area contributed by atoms with E-state index in [-0.39, 0.29) is 17.3 Å². The second kappa shape index (κ2) is 5.35. The van der Waals surface area contributed by atoms with Gasteiger partial charge >= 0.3 is 11.9 Å². The van der Waals surface area contributed by atoms with Gasteiger partial charge < -0.3 is 9.84 Å². The van der Waals surface area contributed by atoms with Gasteiger partial charge in [-0.25, -0.2) is 4.79 Å². The molecule has 0 heterocycles. The molecule has 1 atom stereocenters. The van der Waals surface area contributed by atoms with Gasteiger partial charge in [0.2, 0.25) is 0 Å². The van der Waals surface area contributed by atoms with Gasteiger partial charge in [-0.15, -0.1) is 0 Å². The fourth-order valence-electron chi connectivity index (χ4n) is 2.47. The number of esters is 1. The number of hydrogen-bond donors (Lipinski definition) is 1. The number of hydrogen-bond acceptors (Lipinski definition) is 3. The summed E-state index contributed by atoms with van der Waals surface area (Å²) in [7, 11) is 0. The summed E-state index contributed by atoms with van der Waals surface area (Å²) in [6.45, 7) is 9.46. The predicted molar refractivity (Wildman–Crippen MR) is 72.7 cm³/mol. The van der Waals surface area contributed by atoms with Gasteiger partial charge in [-0.3, -0.25) is 4.79 Å². The molecule has 1 fully saturated rings. The SMILES string of the molecule is CC(C)(C)OC(=O)/C=C1\CCC(C(=O)O)CC1(C)C. The van der Waals surface area contributed by atoms with E-state index in [4.69, 9.17) is 9.84 Å². The van der Waals surface area contributed by atoms with Gasteiger partial charge in [0.15, 0.2) is 0 Å². The molecule has 0 aromatic heterocycles. The molecule has 1 N–H and O–H groups in total. The number of carboxylic acid groups (broad SMARTS) is 1. The predicted octanol–water partition coefficient (Wildman–Crippen LogP) is 3.17.